The molecule has 3 nitrogen and oxygen atoms in total. The number of hydrogen-bond donors (Lipinski definition) is 2. The SMILES string of the molecule is OCC1CC(CO)CN(Cc2ccccc2)C1. The van der Waals surface area contributed by atoms with Gasteiger partial charge in [-0.2, -0.15) is 0 Å². The van der Waals surface area contributed by atoms with Gasteiger partial charge < -0.3 is 10.2 Å². The molecule has 0 aromatic heterocycles. The molecule has 3 heteroatoms. The summed E-state index contributed by atoms with van der Waals surface area (Å²) in [5.74, 6) is 0.620. The number of benzene rings is 1. The fourth-order valence-electron chi connectivity index (χ4n) is 2.66. The number of likely N-dealkylation sites (tertiary alicyclic amines) is 1. The molecule has 1 aliphatic rings. The maximum Gasteiger partial charge on any atom is 0.0471 e. The third-order valence-corrected chi connectivity index (χ3v) is 3.46. The molecule has 0 saturated carbocycles. The number of piperidine rings is 1. The van der Waals surface area contributed by atoms with Gasteiger partial charge in [-0.1, -0.05) is 30.3 Å². The van der Waals surface area contributed by atoms with Crippen LogP contribution in [0.4, 0.5) is 0 Å². The molecule has 1 saturated heterocycles. The first kappa shape index (κ1) is 12.6. The van der Waals surface area contributed by atoms with Crippen molar-refractivity contribution in [1.29, 1.82) is 0 Å². The van der Waals surface area contributed by atoms with E-state index in [2.05, 4.69) is 17.0 Å². The van der Waals surface area contributed by atoms with Crippen LogP contribution in [0.15, 0.2) is 30.3 Å². The third kappa shape index (κ3) is 3.53. The molecule has 17 heavy (non-hydrogen) atoms. The molecule has 0 bridgehead atoms. The van der Waals surface area contributed by atoms with Crippen LogP contribution < -0.4 is 0 Å². The zero-order valence-electron chi connectivity index (χ0n) is 10.1. The van der Waals surface area contributed by atoms with Crippen molar-refractivity contribution in [2.75, 3.05) is 26.3 Å². The molecular formula is C14H21NO2. The van der Waals surface area contributed by atoms with Gasteiger partial charge in [-0.05, 0) is 23.8 Å². The van der Waals surface area contributed by atoms with Crippen LogP contribution in [0.1, 0.15) is 12.0 Å². The van der Waals surface area contributed by atoms with E-state index in [-0.39, 0.29) is 13.2 Å². The minimum absolute atomic E-state index is 0.224. The van der Waals surface area contributed by atoms with E-state index in [0.29, 0.717) is 11.8 Å². The van der Waals surface area contributed by atoms with Crippen LogP contribution in [0, 0.1) is 11.8 Å². The molecule has 1 aromatic rings. The van der Waals surface area contributed by atoms with Gasteiger partial charge >= 0.3 is 0 Å². The first-order valence-electron chi connectivity index (χ1n) is 6.29. The van der Waals surface area contributed by atoms with Crippen LogP contribution in [-0.4, -0.2) is 41.4 Å². The van der Waals surface area contributed by atoms with Gasteiger partial charge in [0.2, 0.25) is 0 Å². The minimum Gasteiger partial charge on any atom is -0.396 e. The Labute approximate surface area is 103 Å². The van der Waals surface area contributed by atoms with Crippen molar-refractivity contribution in [1.82, 2.24) is 4.90 Å². The van der Waals surface area contributed by atoms with Gasteiger partial charge in [-0.25, -0.2) is 0 Å². The number of hydrogen-bond acceptors (Lipinski definition) is 3. The van der Waals surface area contributed by atoms with Crippen LogP contribution in [0.5, 0.6) is 0 Å². The van der Waals surface area contributed by atoms with Gasteiger partial charge in [0.05, 0.1) is 0 Å². The Morgan fingerprint density at radius 2 is 1.59 bits per heavy atom. The fourth-order valence-corrected chi connectivity index (χ4v) is 2.66. The van der Waals surface area contributed by atoms with Crippen molar-refractivity contribution in [3.05, 3.63) is 35.9 Å². The molecule has 1 aliphatic heterocycles. The highest BCUT2D eigenvalue weighted by molar-refractivity contribution is 5.14. The molecule has 2 rings (SSSR count). The van der Waals surface area contributed by atoms with Crippen LogP contribution in [0.25, 0.3) is 0 Å². The zero-order chi connectivity index (χ0) is 12.1. The van der Waals surface area contributed by atoms with E-state index < -0.39 is 0 Å². The van der Waals surface area contributed by atoms with Gasteiger partial charge in [0, 0.05) is 32.8 Å². The number of rotatable bonds is 4. The Hall–Kier alpha value is -0.900. The quantitative estimate of drug-likeness (QED) is 0.821. The average molecular weight is 235 g/mol. The largest absolute Gasteiger partial charge is 0.396 e. The summed E-state index contributed by atoms with van der Waals surface area (Å²) in [5.41, 5.74) is 1.29. The van der Waals surface area contributed by atoms with Crippen molar-refractivity contribution in [2.24, 2.45) is 11.8 Å². The van der Waals surface area contributed by atoms with Crippen LogP contribution in [0.3, 0.4) is 0 Å². The Balaban J connectivity index is 1.95. The summed E-state index contributed by atoms with van der Waals surface area (Å²) >= 11 is 0. The van der Waals surface area contributed by atoms with E-state index in [9.17, 15) is 10.2 Å². The summed E-state index contributed by atoms with van der Waals surface area (Å²) in [7, 11) is 0. The molecule has 0 radical (unpaired) electrons. The summed E-state index contributed by atoms with van der Waals surface area (Å²) < 4.78 is 0. The highest BCUT2D eigenvalue weighted by atomic mass is 16.3. The predicted molar refractivity (Wildman–Crippen MR) is 67.5 cm³/mol. The van der Waals surface area contributed by atoms with E-state index in [1.54, 1.807) is 0 Å². The van der Waals surface area contributed by atoms with Crippen molar-refractivity contribution in [3.63, 3.8) is 0 Å². The van der Waals surface area contributed by atoms with Crippen LogP contribution in [0.2, 0.25) is 0 Å². The summed E-state index contributed by atoms with van der Waals surface area (Å²) in [4.78, 5) is 2.33. The van der Waals surface area contributed by atoms with Crippen molar-refractivity contribution in [2.45, 2.75) is 13.0 Å². The van der Waals surface area contributed by atoms with Crippen molar-refractivity contribution >= 4 is 0 Å². The molecule has 0 aliphatic carbocycles. The second-order valence-corrected chi connectivity index (χ2v) is 5.01. The van der Waals surface area contributed by atoms with E-state index in [1.165, 1.54) is 5.56 Å². The first-order chi connectivity index (χ1) is 8.31. The van der Waals surface area contributed by atoms with Gasteiger partial charge in [-0.15, -0.1) is 0 Å². The highest BCUT2D eigenvalue weighted by Gasteiger charge is 2.26. The van der Waals surface area contributed by atoms with E-state index in [4.69, 9.17) is 0 Å². The standard InChI is InChI=1S/C14H21NO2/c16-10-13-6-14(11-17)9-15(8-13)7-12-4-2-1-3-5-12/h1-5,13-14,16-17H,6-11H2. The molecule has 1 heterocycles. The lowest BCUT2D eigenvalue weighted by atomic mass is 9.90. The minimum atomic E-state index is 0.224. The lowest BCUT2D eigenvalue weighted by Crippen LogP contribution is -2.42. The molecule has 0 amide bonds. The van der Waals surface area contributed by atoms with Crippen molar-refractivity contribution < 1.29 is 10.2 Å². The zero-order valence-corrected chi connectivity index (χ0v) is 10.1. The van der Waals surface area contributed by atoms with E-state index >= 15 is 0 Å². The molecule has 2 N–H and O–H groups in total. The maximum atomic E-state index is 9.28. The normalized spacial score (nSPS) is 26.0. The second kappa shape index (κ2) is 6.15. The molecule has 2 atom stereocenters. The van der Waals surface area contributed by atoms with E-state index in [0.717, 1.165) is 26.1 Å². The monoisotopic (exact) mass is 235 g/mol. The Kier molecular flexibility index (Phi) is 4.54. The van der Waals surface area contributed by atoms with Crippen LogP contribution >= 0.6 is 0 Å². The Morgan fingerprint density at radius 3 is 2.12 bits per heavy atom. The lowest BCUT2D eigenvalue weighted by Gasteiger charge is -2.36. The lowest BCUT2D eigenvalue weighted by molar-refractivity contribution is 0.0539. The molecule has 1 fully saturated rings. The summed E-state index contributed by atoms with van der Waals surface area (Å²) in [6, 6.07) is 10.4. The van der Waals surface area contributed by atoms with Crippen molar-refractivity contribution in [3.8, 4) is 0 Å². The molecule has 94 valence electrons. The highest BCUT2D eigenvalue weighted by Crippen LogP contribution is 2.22. The summed E-state index contributed by atoms with van der Waals surface area (Å²) in [5, 5.41) is 18.6. The third-order valence-electron chi connectivity index (χ3n) is 3.46. The van der Waals surface area contributed by atoms with Gasteiger partial charge in [0.15, 0.2) is 0 Å². The maximum absolute atomic E-state index is 9.28. The molecule has 1 aromatic carbocycles. The molecule has 2 unspecified atom stereocenters. The number of nitrogens with zero attached hydrogens (tertiary/aromatic N) is 1. The number of aliphatic hydroxyl groups is 2. The molecular weight excluding hydrogens is 214 g/mol. The Bertz CT molecular complexity index is 316. The van der Waals surface area contributed by atoms with Gasteiger partial charge in [0.25, 0.3) is 0 Å². The summed E-state index contributed by atoms with van der Waals surface area (Å²) in [6.45, 7) is 3.22. The molecule has 0 spiro atoms. The number of aliphatic hydroxyl groups excluding tert-OH is 2. The van der Waals surface area contributed by atoms with Gasteiger partial charge in [-0.3, -0.25) is 4.90 Å². The summed E-state index contributed by atoms with van der Waals surface area (Å²) in [6.07, 6.45) is 0.943. The van der Waals surface area contributed by atoms with E-state index in [1.807, 2.05) is 18.2 Å². The van der Waals surface area contributed by atoms with Crippen LogP contribution in [-0.2, 0) is 6.54 Å². The predicted octanol–water partition coefficient (Wildman–Crippen LogP) is 1.11. The van der Waals surface area contributed by atoms with Gasteiger partial charge in [0.1, 0.15) is 0 Å². The Morgan fingerprint density at radius 1 is 1.00 bits per heavy atom. The average Bonchev–Trinajstić information content (AvgIpc) is 2.39. The topological polar surface area (TPSA) is 43.7 Å². The fraction of sp³-hybridized carbons (Fsp3) is 0.571. The smallest absolute Gasteiger partial charge is 0.0471 e. The first-order valence-corrected chi connectivity index (χ1v) is 6.29. The second-order valence-electron chi connectivity index (χ2n) is 5.01.